The van der Waals surface area contributed by atoms with E-state index in [1.54, 1.807) is 49.6 Å². The first-order chi connectivity index (χ1) is 16.7. The molecule has 3 N–H and O–H groups in total. The van der Waals surface area contributed by atoms with Gasteiger partial charge in [0.15, 0.2) is 17.3 Å². The fourth-order valence-corrected chi connectivity index (χ4v) is 2.91. The smallest absolute Gasteiger partial charge is 0.273 e. The molecule has 0 aliphatic rings. The van der Waals surface area contributed by atoms with Crippen LogP contribution in [0.15, 0.2) is 48.7 Å². The van der Waals surface area contributed by atoms with E-state index in [-0.39, 0.29) is 17.2 Å². The Morgan fingerprint density at radius 2 is 1.97 bits per heavy atom. The number of amides is 1. The molecule has 1 aromatic carbocycles. The molecule has 162 valence electrons. The maximum absolute atomic E-state index is 12.7. The van der Waals surface area contributed by atoms with E-state index in [1.807, 2.05) is 5.32 Å². The first-order valence-electron chi connectivity index (χ1n) is 10.8. The quantitative estimate of drug-likeness (QED) is 0.393. The van der Waals surface area contributed by atoms with Crippen molar-refractivity contribution < 1.29 is 13.6 Å². The van der Waals surface area contributed by atoms with E-state index < -0.39 is 12.9 Å². The zero-order valence-electron chi connectivity index (χ0n) is 20.1. The fraction of sp³-hybridized carbons (Fsp3) is 0.150. The van der Waals surface area contributed by atoms with Crippen molar-refractivity contribution >= 4 is 28.9 Å². The number of nitrogens with one attached hydrogen (secondary N) is 3. The van der Waals surface area contributed by atoms with Crippen molar-refractivity contribution in [2.24, 2.45) is 7.05 Å². The molecule has 12 nitrogen and oxygen atoms in total. The molecule has 0 bridgehead atoms. The molecule has 0 spiro atoms. The number of rotatable bonds is 7. The van der Waals surface area contributed by atoms with Gasteiger partial charge in [0.25, 0.3) is 5.91 Å². The van der Waals surface area contributed by atoms with E-state index >= 15 is 0 Å². The van der Waals surface area contributed by atoms with Crippen LogP contribution in [0.2, 0.25) is 0 Å². The molecule has 4 aromatic rings. The van der Waals surface area contributed by atoms with Crippen LogP contribution in [0.5, 0.6) is 5.75 Å². The molecule has 0 saturated heterocycles. The average molecular weight is 435 g/mol. The molecule has 0 fully saturated rings. The normalized spacial score (nSPS) is 12.2. The number of carbonyl (C=O) groups excluding carboxylic acids is 1. The van der Waals surface area contributed by atoms with Crippen LogP contribution in [0.1, 0.15) is 14.6 Å². The van der Waals surface area contributed by atoms with Gasteiger partial charge in [-0.3, -0.25) is 4.79 Å². The topological polar surface area (TPSA) is 145 Å². The lowest BCUT2D eigenvalue weighted by atomic mass is 10.1. The summed E-state index contributed by atoms with van der Waals surface area (Å²) in [5.74, 6) is 0.538. The maximum atomic E-state index is 12.7. The number of para-hydroxylation sites is 1. The summed E-state index contributed by atoms with van der Waals surface area (Å²) in [6.07, 6.45) is 1.60. The summed E-state index contributed by atoms with van der Waals surface area (Å²) in [4.78, 5) is 18.2. The minimum absolute atomic E-state index is 0.169. The first kappa shape index (κ1) is 17.1. The number of anilines is 4. The first-order valence-corrected chi connectivity index (χ1v) is 9.30. The summed E-state index contributed by atoms with van der Waals surface area (Å²) in [5.41, 5.74) is 0.922. The molecule has 0 saturated carbocycles. The van der Waals surface area contributed by atoms with Crippen molar-refractivity contribution in [2.75, 3.05) is 24.7 Å². The van der Waals surface area contributed by atoms with Gasteiger partial charge in [0, 0.05) is 23.4 Å². The zero-order chi connectivity index (χ0) is 25.0. The van der Waals surface area contributed by atoms with Gasteiger partial charge in [-0.1, -0.05) is 12.1 Å². The van der Waals surface area contributed by atoms with Crippen molar-refractivity contribution in [1.82, 2.24) is 40.7 Å². The lowest BCUT2D eigenvalue weighted by molar-refractivity contribution is 0.0958. The number of benzene rings is 1. The van der Waals surface area contributed by atoms with Crippen LogP contribution in [0.4, 0.5) is 23.0 Å². The Kier molecular flexibility index (Phi) is 4.83. The Labute approximate surface area is 187 Å². The molecule has 0 aliphatic heterocycles. The molecule has 4 rings (SSSR count). The van der Waals surface area contributed by atoms with Gasteiger partial charge in [0.2, 0.25) is 5.82 Å². The maximum Gasteiger partial charge on any atom is 0.273 e. The van der Waals surface area contributed by atoms with Gasteiger partial charge < -0.3 is 20.7 Å². The Hall–Kier alpha value is -4.61. The number of nitrogens with zero attached hydrogens (tertiary/aromatic N) is 7. The number of pyridine rings is 1. The van der Waals surface area contributed by atoms with Crippen LogP contribution in [-0.2, 0) is 7.05 Å². The van der Waals surface area contributed by atoms with Gasteiger partial charge in [-0.25, -0.2) is 4.98 Å². The SMILES string of the molecule is [2H]C([2H])([2H])NC(=O)c1nnc(Nc2ccccn2)cc1Nc1cccc(-c2nnn(C)n2)c1OC. The molecule has 1 amide bonds. The highest BCUT2D eigenvalue weighted by Crippen LogP contribution is 2.37. The number of methoxy groups -OCH3 is 1. The second kappa shape index (κ2) is 9.04. The minimum atomic E-state index is -2.71. The second-order valence-corrected chi connectivity index (χ2v) is 6.40. The molecule has 3 heterocycles. The third kappa shape index (κ3) is 4.28. The lowest BCUT2D eigenvalue weighted by Gasteiger charge is -2.16. The minimum Gasteiger partial charge on any atom is -0.494 e. The van der Waals surface area contributed by atoms with E-state index in [1.165, 1.54) is 18.0 Å². The number of aromatic nitrogens is 7. The summed E-state index contributed by atoms with van der Waals surface area (Å²) in [6.45, 7) is -2.71. The van der Waals surface area contributed by atoms with Crippen LogP contribution < -0.4 is 20.7 Å². The van der Waals surface area contributed by atoms with E-state index in [4.69, 9.17) is 8.85 Å². The number of carbonyl (C=O) groups is 1. The van der Waals surface area contributed by atoms with Crippen LogP contribution in [0, 0.1) is 0 Å². The number of ether oxygens (including phenoxy) is 1. The molecular weight excluding hydrogens is 412 g/mol. The van der Waals surface area contributed by atoms with Crippen molar-refractivity contribution in [1.29, 1.82) is 0 Å². The monoisotopic (exact) mass is 435 g/mol. The number of tetrazole rings is 1. The summed E-state index contributed by atoms with van der Waals surface area (Å²) in [7, 11) is 3.11. The van der Waals surface area contributed by atoms with E-state index in [0.717, 1.165) is 0 Å². The van der Waals surface area contributed by atoms with Crippen LogP contribution in [0.3, 0.4) is 0 Å². The Morgan fingerprint density at radius 3 is 2.69 bits per heavy atom. The van der Waals surface area contributed by atoms with Gasteiger partial charge in [0.1, 0.15) is 5.82 Å². The Bertz CT molecular complexity index is 1340. The molecule has 0 atom stereocenters. The fourth-order valence-electron chi connectivity index (χ4n) is 2.91. The summed E-state index contributed by atoms with van der Waals surface area (Å²) >= 11 is 0. The number of aryl methyl sites for hydroxylation is 1. The average Bonchev–Trinajstić information content (AvgIpc) is 3.24. The summed E-state index contributed by atoms with van der Waals surface area (Å²) in [5, 5.41) is 28.0. The van der Waals surface area contributed by atoms with Crippen LogP contribution in [0.25, 0.3) is 11.4 Å². The lowest BCUT2D eigenvalue weighted by Crippen LogP contribution is -2.21. The van der Waals surface area contributed by atoms with Crippen LogP contribution >= 0.6 is 0 Å². The molecular formula is C20H20N10O2. The van der Waals surface area contributed by atoms with Gasteiger partial charge in [0.05, 0.1) is 31.1 Å². The predicted molar refractivity (Wildman–Crippen MR) is 117 cm³/mol. The van der Waals surface area contributed by atoms with Crippen molar-refractivity contribution in [2.45, 2.75) is 0 Å². The highest BCUT2D eigenvalue weighted by Gasteiger charge is 2.19. The molecule has 12 heteroatoms. The highest BCUT2D eigenvalue weighted by atomic mass is 16.5. The predicted octanol–water partition coefficient (Wildman–Crippen LogP) is 1.92. The van der Waals surface area contributed by atoms with Gasteiger partial charge in [-0.05, 0) is 29.5 Å². The van der Waals surface area contributed by atoms with Crippen molar-refractivity contribution in [3.8, 4) is 17.1 Å². The molecule has 32 heavy (non-hydrogen) atoms. The second-order valence-electron chi connectivity index (χ2n) is 6.40. The van der Waals surface area contributed by atoms with Crippen molar-refractivity contribution in [3.63, 3.8) is 0 Å². The van der Waals surface area contributed by atoms with Gasteiger partial charge in [-0.15, -0.1) is 20.4 Å². The number of hydrogen-bond donors (Lipinski definition) is 3. The van der Waals surface area contributed by atoms with Crippen LogP contribution in [-0.4, -0.2) is 55.4 Å². The molecule has 0 radical (unpaired) electrons. The Balaban J connectivity index is 1.75. The van der Waals surface area contributed by atoms with E-state index in [9.17, 15) is 4.79 Å². The van der Waals surface area contributed by atoms with E-state index in [2.05, 4.69) is 41.2 Å². The van der Waals surface area contributed by atoms with Crippen molar-refractivity contribution in [3.05, 3.63) is 54.4 Å². The molecule has 0 aliphatic carbocycles. The third-order valence-electron chi connectivity index (χ3n) is 4.28. The highest BCUT2D eigenvalue weighted by molar-refractivity contribution is 5.99. The zero-order valence-corrected chi connectivity index (χ0v) is 17.1. The van der Waals surface area contributed by atoms with E-state index in [0.29, 0.717) is 28.6 Å². The third-order valence-corrected chi connectivity index (χ3v) is 4.28. The van der Waals surface area contributed by atoms with Gasteiger partial charge in [-0.2, -0.15) is 4.80 Å². The largest absolute Gasteiger partial charge is 0.494 e. The number of hydrogen-bond acceptors (Lipinski definition) is 10. The molecule has 0 unspecified atom stereocenters. The standard InChI is InChI=1S/C20H20N10O2/c1-21-20(31)17-14(11-16(25-26-17)24-15-9-4-5-10-22-15)23-13-8-6-7-12(18(13)32-3)19-27-29-30(2)28-19/h4-11H,1-3H3,(H,21,31)(H2,22,23,24,25)/i1D3. The summed E-state index contributed by atoms with van der Waals surface area (Å²) < 4.78 is 27.6. The molecule has 3 aromatic heterocycles. The van der Waals surface area contributed by atoms with Gasteiger partial charge >= 0.3 is 0 Å². The summed E-state index contributed by atoms with van der Waals surface area (Å²) in [6, 6.07) is 12.0. The Morgan fingerprint density at radius 1 is 1.06 bits per heavy atom.